The van der Waals surface area contributed by atoms with Gasteiger partial charge >= 0.3 is 0 Å². The second-order valence-corrected chi connectivity index (χ2v) is 9.02. The second kappa shape index (κ2) is 9.61. The lowest BCUT2D eigenvalue weighted by molar-refractivity contribution is 0.0670. The van der Waals surface area contributed by atoms with Gasteiger partial charge in [-0.1, -0.05) is 17.7 Å². The molecule has 0 radical (unpaired) electrons. The molecule has 1 aromatic carbocycles. The first kappa shape index (κ1) is 23.2. The second-order valence-electron chi connectivity index (χ2n) is 8.58. The number of carbonyl (C=O) groups is 1. The number of hydrogen-bond donors (Lipinski definition) is 3. The van der Waals surface area contributed by atoms with Crippen molar-refractivity contribution in [3.05, 3.63) is 82.3 Å². The minimum atomic E-state index is -0.885. The van der Waals surface area contributed by atoms with Crippen LogP contribution in [0.1, 0.15) is 29.0 Å². The predicted octanol–water partition coefficient (Wildman–Crippen LogP) is 3.74. The van der Waals surface area contributed by atoms with Gasteiger partial charge in [0.1, 0.15) is 23.4 Å². The molecule has 1 aromatic heterocycles. The third-order valence-electron chi connectivity index (χ3n) is 6.22. The summed E-state index contributed by atoms with van der Waals surface area (Å²) in [4.78, 5) is 22.7. The number of fused-ring (bicyclic) bond motifs is 1. The van der Waals surface area contributed by atoms with Crippen molar-refractivity contribution in [3.8, 4) is 0 Å². The van der Waals surface area contributed by atoms with Crippen molar-refractivity contribution in [2.24, 2.45) is 5.92 Å². The van der Waals surface area contributed by atoms with Crippen molar-refractivity contribution in [2.75, 3.05) is 25.0 Å². The lowest BCUT2D eigenvalue weighted by Gasteiger charge is -2.33. The van der Waals surface area contributed by atoms with E-state index in [-0.39, 0.29) is 17.9 Å². The van der Waals surface area contributed by atoms with Crippen LogP contribution in [0.3, 0.4) is 0 Å². The van der Waals surface area contributed by atoms with Crippen LogP contribution in [0.15, 0.2) is 53.5 Å². The normalized spacial score (nSPS) is 21.3. The molecule has 5 rings (SSSR count). The summed E-state index contributed by atoms with van der Waals surface area (Å²) in [6.45, 7) is 1.02. The smallest absolute Gasteiger partial charge is 0.259 e. The molecule has 1 amide bonds. The average molecular weight is 503 g/mol. The van der Waals surface area contributed by atoms with Gasteiger partial charge in [0.05, 0.1) is 11.2 Å². The molecule has 3 aliphatic rings. The highest BCUT2D eigenvalue weighted by Crippen LogP contribution is 2.31. The van der Waals surface area contributed by atoms with E-state index in [1.165, 1.54) is 11.0 Å². The van der Waals surface area contributed by atoms with Crippen LogP contribution in [0.5, 0.6) is 0 Å². The Morgan fingerprint density at radius 3 is 2.74 bits per heavy atom. The van der Waals surface area contributed by atoms with Gasteiger partial charge in [0, 0.05) is 43.2 Å². The third kappa shape index (κ3) is 4.70. The molecule has 0 bridgehead atoms. The number of halogens is 4. The van der Waals surface area contributed by atoms with E-state index in [4.69, 9.17) is 11.6 Å². The van der Waals surface area contributed by atoms with Gasteiger partial charge in [-0.05, 0) is 37.0 Å². The van der Waals surface area contributed by atoms with Gasteiger partial charge < -0.3 is 20.9 Å². The van der Waals surface area contributed by atoms with Crippen molar-refractivity contribution in [1.29, 1.82) is 0 Å². The topological polar surface area (TPSA) is 82.2 Å². The Morgan fingerprint density at radius 2 is 1.94 bits per heavy atom. The largest absolute Gasteiger partial charge is 0.367 e. The van der Waals surface area contributed by atoms with Gasteiger partial charge in [-0.25, -0.2) is 23.1 Å². The fourth-order valence-corrected chi connectivity index (χ4v) is 4.66. The lowest BCUT2D eigenvalue weighted by Crippen LogP contribution is -2.42. The zero-order chi connectivity index (χ0) is 24.5. The fourth-order valence-electron chi connectivity index (χ4n) is 4.48. The number of anilines is 1. The Balaban J connectivity index is 1.27. The minimum Gasteiger partial charge on any atom is -0.367 e. The number of benzene rings is 1. The summed E-state index contributed by atoms with van der Waals surface area (Å²) >= 11 is 6.10. The summed E-state index contributed by atoms with van der Waals surface area (Å²) in [5, 5.41) is 9.80. The Kier molecular flexibility index (Phi) is 6.38. The summed E-state index contributed by atoms with van der Waals surface area (Å²) in [5.41, 5.74) is 0.987. The molecule has 2 atom stereocenters. The number of dihydropyridines is 1. The van der Waals surface area contributed by atoms with Crippen LogP contribution in [-0.4, -0.2) is 46.6 Å². The van der Waals surface area contributed by atoms with Crippen molar-refractivity contribution in [1.82, 2.24) is 25.5 Å². The average Bonchev–Trinajstić information content (AvgIpc) is 3.26. The van der Waals surface area contributed by atoms with Crippen LogP contribution in [0, 0.1) is 23.4 Å². The molecule has 3 aliphatic heterocycles. The maximum atomic E-state index is 14.5. The molecule has 0 saturated carbocycles. The van der Waals surface area contributed by atoms with Crippen LogP contribution in [-0.2, 0) is 0 Å². The first-order chi connectivity index (χ1) is 16.9. The first-order valence-electron chi connectivity index (χ1n) is 11.2. The highest BCUT2D eigenvalue weighted by Gasteiger charge is 2.30. The van der Waals surface area contributed by atoms with E-state index in [9.17, 15) is 18.0 Å². The number of amides is 1. The molecule has 1 saturated heterocycles. The molecule has 182 valence electrons. The van der Waals surface area contributed by atoms with E-state index in [0.717, 1.165) is 30.3 Å². The number of likely N-dealkylation sites (tertiary alicyclic amines) is 1. The highest BCUT2D eigenvalue weighted by molar-refractivity contribution is 6.31. The van der Waals surface area contributed by atoms with Gasteiger partial charge in [-0.2, -0.15) is 0 Å². The molecule has 7 nitrogen and oxygen atoms in total. The Labute approximate surface area is 204 Å². The van der Waals surface area contributed by atoms with E-state index in [1.54, 1.807) is 18.5 Å². The lowest BCUT2D eigenvalue weighted by atomic mass is 9.97. The Bertz CT molecular complexity index is 1240. The quantitative estimate of drug-likeness (QED) is 0.578. The molecular weight excluding hydrogens is 481 g/mol. The van der Waals surface area contributed by atoms with E-state index in [0.29, 0.717) is 42.5 Å². The molecule has 2 aromatic rings. The maximum Gasteiger partial charge on any atom is 0.259 e. The number of rotatable bonds is 5. The summed E-state index contributed by atoms with van der Waals surface area (Å²) in [6, 6.07) is 3.35. The number of piperidine rings is 1. The van der Waals surface area contributed by atoms with Crippen LogP contribution in [0.2, 0.25) is 0 Å². The SMILES string of the molecule is O=C(c1c(F)cccc1F)N1CCC[C@H](CNc2nc(C3=CNC4NC=C(Cl)C=C34)ncc2F)C1. The Morgan fingerprint density at radius 1 is 1.17 bits per heavy atom. The van der Waals surface area contributed by atoms with Gasteiger partial charge in [0.25, 0.3) is 5.91 Å². The highest BCUT2D eigenvalue weighted by atomic mass is 35.5. The summed E-state index contributed by atoms with van der Waals surface area (Å²) in [5.74, 6) is -2.74. The van der Waals surface area contributed by atoms with Crippen LogP contribution < -0.4 is 16.0 Å². The predicted molar refractivity (Wildman–Crippen MR) is 126 cm³/mol. The van der Waals surface area contributed by atoms with Gasteiger partial charge in [0.2, 0.25) is 0 Å². The fraction of sp³-hybridized carbons (Fsp3) is 0.292. The minimum absolute atomic E-state index is 0.0361. The number of hydrogen-bond acceptors (Lipinski definition) is 6. The number of carbonyl (C=O) groups excluding carboxylic acids is 1. The molecule has 1 fully saturated rings. The first-order valence-corrected chi connectivity index (χ1v) is 11.6. The van der Waals surface area contributed by atoms with Gasteiger partial charge in [-0.3, -0.25) is 4.79 Å². The zero-order valence-corrected chi connectivity index (χ0v) is 19.2. The Hall–Kier alpha value is -3.53. The van der Waals surface area contributed by atoms with Crippen LogP contribution in [0.4, 0.5) is 19.0 Å². The van der Waals surface area contributed by atoms with E-state index < -0.39 is 28.9 Å². The zero-order valence-electron chi connectivity index (χ0n) is 18.5. The van der Waals surface area contributed by atoms with E-state index >= 15 is 0 Å². The molecule has 1 unspecified atom stereocenters. The summed E-state index contributed by atoms with van der Waals surface area (Å²) in [6.07, 6.45) is 7.60. The van der Waals surface area contributed by atoms with E-state index in [1.807, 2.05) is 0 Å². The standard InChI is InChI=1S/C24H22ClF3N6O/c25-14-7-15-16(10-31-21(15)30-9-14)22-32-11-19(28)23(33-22)29-8-13-3-2-6-34(12-13)24(35)20-17(26)4-1-5-18(20)27/h1,4-5,7,9-11,13,21,30-31H,2-3,6,8,12H2,(H,29,32,33)/t13-,21?/m1/s1. The van der Waals surface area contributed by atoms with E-state index in [2.05, 4.69) is 25.9 Å². The van der Waals surface area contributed by atoms with Crippen molar-refractivity contribution >= 4 is 28.9 Å². The molecule has 3 N–H and O–H groups in total. The van der Waals surface area contributed by atoms with Crippen LogP contribution in [0.25, 0.3) is 5.57 Å². The number of nitrogens with one attached hydrogen (secondary N) is 3. The van der Waals surface area contributed by atoms with Crippen molar-refractivity contribution in [3.63, 3.8) is 0 Å². The third-order valence-corrected chi connectivity index (χ3v) is 6.44. The molecule has 35 heavy (non-hydrogen) atoms. The van der Waals surface area contributed by atoms with Crippen LogP contribution >= 0.6 is 11.6 Å². The molecule has 11 heteroatoms. The molecule has 0 aliphatic carbocycles. The number of nitrogens with zero attached hydrogens (tertiary/aromatic N) is 3. The molecule has 0 spiro atoms. The van der Waals surface area contributed by atoms with Gasteiger partial charge in [0.15, 0.2) is 17.5 Å². The molecular formula is C24H22ClF3N6O. The summed E-state index contributed by atoms with van der Waals surface area (Å²) < 4.78 is 42.6. The summed E-state index contributed by atoms with van der Waals surface area (Å²) in [7, 11) is 0. The van der Waals surface area contributed by atoms with Crippen molar-refractivity contribution in [2.45, 2.75) is 19.0 Å². The number of aromatic nitrogens is 2. The van der Waals surface area contributed by atoms with Crippen molar-refractivity contribution < 1.29 is 18.0 Å². The maximum absolute atomic E-state index is 14.5. The monoisotopic (exact) mass is 502 g/mol. The molecule has 4 heterocycles. The number of allylic oxidation sites excluding steroid dienone is 2. The van der Waals surface area contributed by atoms with Gasteiger partial charge in [-0.15, -0.1) is 0 Å².